The molecule has 0 atom stereocenters. The molecule has 1 aromatic heterocycles. The molecule has 0 unspecified atom stereocenters. The number of nitrogens with one attached hydrogen (secondary N) is 1. The second kappa shape index (κ2) is 4.17. The Morgan fingerprint density at radius 2 is 2.00 bits per heavy atom. The summed E-state index contributed by atoms with van der Waals surface area (Å²) in [5.74, 6) is 2.04. The molecule has 2 aromatic rings. The molecule has 0 radical (unpaired) electrons. The third kappa shape index (κ3) is 2.08. The summed E-state index contributed by atoms with van der Waals surface area (Å²) in [6, 6.07) is 4.41. The summed E-state index contributed by atoms with van der Waals surface area (Å²) >= 11 is 0. The minimum absolute atomic E-state index is 0.858. The van der Waals surface area contributed by atoms with Crippen molar-refractivity contribution >= 4 is 11.0 Å². The standard InChI is InChI=1S/C15H20N2/c1-10-7-11(2)15-13(8-10)16-14(17-15)9-12-5-3-4-6-12/h7-8,12H,3-6,9H2,1-2H3,(H,16,17). The minimum Gasteiger partial charge on any atom is -0.342 e. The highest BCUT2D eigenvalue weighted by Gasteiger charge is 2.17. The molecule has 0 aliphatic heterocycles. The van der Waals surface area contributed by atoms with Gasteiger partial charge in [-0.25, -0.2) is 4.98 Å². The SMILES string of the molecule is Cc1cc(C)c2nc(CC3CCCC3)[nH]c2c1. The predicted octanol–water partition coefficient (Wildman–Crippen LogP) is 3.91. The topological polar surface area (TPSA) is 28.7 Å². The van der Waals surface area contributed by atoms with Crippen LogP contribution in [0.2, 0.25) is 0 Å². The molecule has 1 aliphatic carbocycles. The number of imidazole rings is 1. The highest BCUT2D eigenvalue weighted by molar-refractivity contribution is 5.79. The van der Waals surface area contributed by atoms with E-state index in [0.717, 1.165) is 17.9 Å². The number of nitrogens with zero attached hydrogens (tertiary/aromatic N) is 1. The number of fused-ring (bicyclic) bond motifs is 1. The van der Waals surface area contributed by atoms with Gasteiger partial charge in [-0.1, -0.05) is 31.7 Å². The number of hydrogen-bond donors (Lipinski definition) is 1. The van der Waals surface area contributed by atoms with Crippen molar-refractivity contribution in [1.29, 1.82) is 0 Å². The fourth-order valence-electron chi connectivity index (χ4n) is 3.11. The summed E-state index contributed by atoms with van der Waals surface area (Å²) in [7, 11) is 0. The normalized spacial score (nSPS) is 17.1. The van der Waals surface area contributed by atoms with Crippen LogP contribution in [0.5, 0.6) is 0 Å². The van der Waals surface area contributed by atoms with Gasteiger partial charge in [0.2, 0.25) is 0 Å². The Labute approximate surface area is 102 Å². The molecule has 0 saturated heterocycles. The largest absolute Gasteiger partial charge is 0.342 e. The van der Waals surface area contributed by atoms with Gasteiger partial charge in [-0.05, 0) is 37.0 Å². The molecule has 2 heteroatoms. The van der Waals surface area contributed by atoms with Crippen LogP contribution in [0.3, 0.4) is 0 Å². The Balaban J connectivity index is 1.93. The zero-order chi connectivity index (χ0) is 11.8. The van der Waals surface area contributed by atoms with Crippen LogP contribution in [0.1, 0.15) is 42.6 Å². The van der Waals surface area contributed by atoms with E-state index >= 15 is 0 Å². The van der Waals surface area contributed by atoms with Crippen molar-refractivity contribution in [2.75, 3.05) is 0 Å². The van der Waals surface area contributed by atoms with Gasteiger partial charge < -0.3 is 4.98 Å². The van der Waals surface area contributed by atoms with E-state index in [2.05, 4.69) is 31.0 Å². The van der Waals surface area contributed by atoms with E-state index in [9.17, 15) is 0 Å². The van der Waals surface area contributed by atoms with Gasteiger partial charge in [0, 0.05) is 6.42 Å². The van der Waals surface area contributed by atoms with E-state index in [1.54, 1.807) is 0 Å². The van der Waals surface area contributed by atoms with Gasteiger partial charge in [-0.15, -0.1) is 0 Å². The second-order valence-electron chi connectivity index (χ2n) is 5.52. The molecule has 1 N–H and O–H groups in total. The quantitative estimate of drug-likeness (QED) is 0.829. The summed E-state index contributed by atoms with van der Waals surface area (Å²) in [6.07, 6.45) is 6.71. The van der Waals surface area contributed by atoms with Crippen molar-refractivity contribution in [3.8, 4) is 0 Å². The molecular formula is C15H20N2. The Morgan fingerprint density at radius 1 is 1.24 bits per heavy atom. The fourth-order valence-corrected chi connectivity index (χ4v) is 3.11. The van der Waals surface area contributed by atoms with Crippen LogP contribution in [0.25, 0.3) is 11.0 Å². The van der Waals surface area contributed by atoms with Gasteiger partial charge in [0.15, 0.2) is 0 Å². The second-order valence-corrected chi connectivity index (χ2v) is 5.52. The number of aromatic amines is 1. The molecule has 1 aromatic carbocycles. The lowest BCUT2D eigenvalue weighted by atomic mass is 10.0. The number of aromatic nitrogens is 2. The van der Waals surface area contributed by atoms with Crippen molar-refractivity contribution in [2.45, 2.75) is 46.0 Å². The molecule has 1 saturated carbocycles. The molecule has 0 amide bonds. The zero-order valence-corrected chi connectivity index (χ0v) is 10.7. The van der Waals surface area contributed by atoms with Crippen LogP contribution in [0.4, 0.5) is 0 Å². The van der Waals surface area contributed by atoms with Crippen molar-refractivity contribution in [3.05, 3.63) is 29.1 Å². The molecule has 2 nitrogen and oxygen atoms in total. The monoisotopic (exact) mass is 228 g/mol. The van der Waals surface area contributed by atoms with E-state index in [1.807, 2.05) is 0 Å². The number of hydrogen-bond acceptors (Lipinski definition) is 1. The third-order valence-corrected chi connectivity index (χ3v) is 3.93. The zero-order valence-electron chi connectivity index (χ0n) is 10.7. The van der Waals surface area contributed by atoms with Gasteiger partial charge in [0.05, 0.1) is 11.0 Å². The van der Waals surface area contributed by atoms with Gasteiger partial charge in [-0.3, -0.25) is 0 Å². The fraction of sp³-hybridized carbons (Fsp3) is 0.533. The molecule has 1 aliphatic rings. The Hall–Kier alpha value is -1.31. The van der Waals surface area contributed by atoms with Crippen LogP contribution in [-0.2, 0) is 6.42 Å². The summed E-state index contributed by atoms with van der Waals surface area (Å²) < 4.78 is 0. The van der Waals surface area contributed by atoms with Crippen LogP contribution >= 0.6 is 0 Å². The molecule has 90 valence electrons. The first-order valence-corrected chi connectivity index (χ1v) is 6.68. The summed E-state index contributed by atoms with van der Waals surface area (Å²) in [6.45, 7) is 4.29. The molecular weight excluding hydrogens is 208 g/mol. The maximum atomic E-state index is 4.76. The molecule has 1 heterocycles. The molecule has 0 spiro atoms. The van der Waals surface area contributed by atoms with Crippen molar-refractivity contribution < 1.29 is 0 Å². The Kier molecular flexibility index (Phi) is 2.65. The van der Waals surface area contributed by atoms with Crippen LogP contribution in [-0.4, -0.2) is 9.97 Å². The number of H-pyrrole nitrogens is 1. The first-order valence-electron chi connectivity index (χ1n) is 6.68. The first-order chi connectivity index (χ1) is 8.22. The number of benzene rings is 1. The average Bonchev–Trinajstić information content (AvgIpc) is 2.87. The lowest BCUT2D eigenvalue weighted by molar-refractivity contribution is 0.534. The molecule has 0 bridgehead atoms. The summed E-state index contributed by atoms with van der Waals surface area (Å²) in [4.78, 5) is 8.25. The van der Waals surface area contributed by atoms with Gasteiger partial charge in [-0.2, -0.15) is 0 Å². The predicted molar refractivity (Wildman–Crippen MR) is 71.2 cm³/mol. The van der Waals surface area contributed by atoms with E-state index in [1.165, 1.54) is 48.2 Å². The molecule has 3 rings (SSSR count). The summed E-state index contributed by atoms with van der Waals surface area (Å²) in [5, 5.41) is 0. The lowest BCUT2D eigenvalue weighted by Gasteiger charge is -2.04. The van der Waals surface area contributed by atoms with Gasteiger partial charge in [0.1, 0.15) is 5.82 Å². The van der Waals surface area contributed by atoms with Gasteiger partial charge >= 0.3 is 0 Å². The highest BCUT2D eigenvalue weighted by Crippen LogP contribution is 2.28. The van der Waals surface area contributed by atoms with E-state index in [4.69, 9.17) is 4.98 Å². The average molecular weight is 228 g/mol. The van der Waals surface area contributed by atoms with Gasteiger partial charge in [0.25, 0.3) is 0 Å². The van der Waals surface area contributed by atoms with Crippen molar-refractivity contribution in [2.24, 2.45) is 5.92 Å². The third-order valence-electron chi connectivity index (χ3n) is 3.93. The maximum Gasteiger partial charge on any atom is 0.107 e. The maximum absolute atomic E-state index is 4.76. The number of aryl methyl sites for hydroxylation is 2. The van der Waals surface area contributed by atoms with Crippen LogP contribution < -0.4 is 0 Å². The van der Waals surface area contributed by atoms with E-state index in [0.29, 0.717) is 0 Å². The smallest absolute Gasteiger partial charge is 0.107 e. The van der Waals surface area contributed by atoms with E-state index < -0.39 is 0 Å². The van der Waals surface area contributed by atoms with Crippen molar-refractivity contribution in [1.82, 2.24) is 9.97 Å². The van der Waals surface area contributed by atoms with Crippen LogP contribution in [0, 0.1) is 19.8 Å². The molecule has 17 heavy (non-hydrogen) atoms. The first kappa shape index (κ1) is 10.8. The Morgan fingerprint density at radius 3 is 2.76 bits per heavy atom. The minimum atomic E-state index is 0.858. The summed E-state index contributed by atoms with van der Waals surface area (Å²) in [5.41, 5.74) is 4.96. The lowest BCUT2D eigenvalue weighted by Crippen LogP contribution is -2.00. The van der Waals surface area contributed by atoms with Crippen LogP contribution in [0.15, 0.2) is 12.1 Å². The van der Waals surface area contributed by atoms with E-state index in [-0.39, 0.29) is 0 Å². The highest BCUT2D eigenvalue weighted by atomic mass is 14.9. The number of rotatable bonds is 2. The molecule has 1 fully saturated rings. The Bertz CT molecular complexity index is 533. The van der Waals surface area contributed by atoms with Crippen molar-refractivity contribution in [3.63, 3.8) is 0 Å².